The van der Waals surface area contributed by atoms with Crippen molar-refractivity contribution >= 4 is 17.3 Å². The smallest absolute Gasteiger partial charge is 0.347 e. The highest BCUT2D eigenvalue weighted by Crippen LogP contribution is 2.28. The van der Waals surface area contributed by atoms with Crippen LogP contribution in [-0.4, -0.2) is 20.6 Å². The van der Waals surface area contributed by atoms with Crippen molar-refractivity contribution < 1.29 is 9.90 Å². The number of rotatable bonds is 3. The number of aromatic carboxylic acids is 1. The number of carboxylic acid groups (broad SMARTS) is 1. The van der Waals surface area contributed by atoms with Gasteiger partial charge in [-0.05, 0) is 26.0 Å². The van der Waals surface area contributed by atoms with Gasteiger partial charge in [0.05, 0.1) is 11.4 Å². The van der Waals surface area contributed by atoms with Crippen LogP contribution in [0.4, 0.5) is 0 Å². The van der Waals surface area contributed by atoms with Crippen molar-refractivity contribution in [2.24, 2.45) is 0 Å². The molecule has 2 heterocycles. The van der Waals surface area contributed by atoms with Crippen LogP contribution >= 0.6 is 11.3 Å². The summed E-state index contributed by atoms with van der Waals surface area (Å²) in [6, 6.07) is 3.89. The molecule has 84 valence electrons. The predicted octanol–water partition coefficient (Wildman–Crippen LogP) is 2.64. The lowest BCUT2D eigenvalue weighted by atomic mass is 10.4. The Hall–Kier alpha value is -1.62. The van der Waals surface area contributed by atoms with Crippen LogP contribution in [0.1, 0.15) is 22.3 Å². The molecule has 0 aliphatic heterocycles. The van der Waals surface area contributed by atoms with Gasteiger partial charge in [-0.15, -0.1) is 11.3 Å². The number of nitrogens with zero attached hydrogens (tertiary/aromatic N) is 2. The molecule has 0 amide bonds. The van der Waals surface area contributed by atoms with Crippen LogP contribution in [0.2, 0.25) is 0 Å². The number of thiazole rings is 1. The van der Waals surface area contributed by atoms with Gasteiger partial charge in [0, 0.05) is 12.7 Å². The zero-order valence-corrected chi connectivity index (χ0v) is 9.91. The minimum Gasteiger partial charge on any atom is -0.477 e. The van der Waals surface area contributed by atoms with Crippen LogP contribution in [0.3, 0.4) is 0 Å². The molecule has 0 saturated heterocycles. The van der Waals surface area contributed by atoms with Crippen LogP contribution in [-0.2, 0) is 6.54 Å². The molecular weight excluding hydrogens is 224 g/mol. The molecule has 2 aromatic heterocycles. The van der Waals surface area contributed by atoms with Crippen LogP contribution < -0.4 is 0 Å². The van der Waals surface area contributed by atoms with E-state index in [1.54, 1.807) is 6.92 Å². The largest absolute Gasteiger partial charge is 0.477 e. The third kappa shape index (κ3) is 1.74. The average Bonchev–Trinajstić information content (AvgIpc) is 2.82. The molecule has 0 unspecified atom stereocenters. The minimum absolute atomic E-state index is 0.318. The molecule has 5 heteroatoms. The van der Waals surface area contributed by atoms with Crippen LogP contribution in [0.25, 0.3) is 10.7 Å². The molecule has 0 bridgehead atoms. The maximum absolute atomic E-state index is 10.9. The van der Waals surface area contributed by atoms with E-state index in [0.29, 0.717) is 10.6 Å². The average molecular weight is 236 g/mol. The molecule has 0 aliphatic carbocycles. The first kappa shape index (κ1) is 10.9. The summed E-state index contributed by atoms with van der Waals surface area (Å²) in [6.07, 6.45) is 1.96. The summed E-state index contributed by atoms with van der Waals surface area (Å²) in [5, 5.41) is 9.73. The third-order valence-electron chi connectivity index (χ3n) is 2.38. The van der Waals surface area contributed by atoms with Crippen LogP contribution in [0.5, 0.6) is 0 Å². The van der Waals surface area contributed by atoms with Crippen molar-refractivity contribution in [3.63, 3.8) is 0 Å². The van der Waals surface area contributed by atoms with Gasteiger partial charge in [0.15, 0.2) is 0 Å². The van der Waals surface area contributed by atoms with E-state index in [1.807, 2.05) is 29.8 Å². The second-order valence-electron chi connectivity index (χ2n) is 3.42. The Morgan fingerprint density at radius 3 is 2.94 bits per heavy atom. The minimum atomic E-state index is -0.907. The highest BCUT2D eigenvalue weighted by Gasteiger charge is 2.16. The van der Waals surface area contributed by atoms with Gasteiger partial charge in [-0.2, -0.15) is 0 Å². The van der Waals surface area contributed by atoms with Crippen LogP contribution in [0.15, 0.2) is 18.3 Å². The molecule has 2 rings (SSSR count). The Balaban J connectivity index is 2.49. The first-order chi connectivity index (χ1) is 7.63. The first-order valence-corrected chi connectivity index (χ1v) is 5.81. The molecule has 1 N–H and O–H groups in total. The first-order valence-electron chi connectivity index (χ1n) is 4.99. The number of aryl methyl sites for hydroxylation is 2. The molecule has 0 spiro atoms. The van der Waals surface area contributed by atoms with E-state index in [1.165, 1.54) is 11.3 Å². The molecular formula is C11H12N2O2S. The summed E-state index contributed by atoms with van der Waals surface area (Å²) in [5.74, 6) is -0.907. The van der Waals surface area contributed by atoms with Gasteiger partial charge in [0.1, 0.15) is 9.88 Å². The van der Waals surface area contributed by atoms with E-state index in [4.69, 9.17) is 5.11 Å². The Labute approximate surface area is 97.2 Å². The van der Waals surface area contributed by atoms with E-state index >= 15 is 0 Å². The molecule has 4 nitrogen and oxygen atoms in total. The van der Waals surface area contributed by atoms with Gasteiger partial charge >= 0.3 is 5.97 Å². The fraction of sp³-hybridized carbons (Fsp3) is 0.273. The second kappa shape index (κ2) is 4.09. The van der Waals surface area contributed by atoms with Crippen molar-refractivity contribution in [1.82, 2.24) is 9.55 Å². The predicted molar refractivity (Wildman–Crippen MR) is 62.9 cm³/mol. The fourth-order valence-corrected chi connectivity index (χ4v) is 2.53. The Kier molecular flexibility index (Phi) is 2.78. The zero-order valence-electron chi connectivity index (χ0n) is 9.10. The van der Waals surface area contributed by atoms with Gasteiger partial charge in [0.2, 0.25) is 0 Å². The summed E-state index contributed by atoms with van der Waals surface area (Å²) >= 11 is 1.22. The summed E-state index contributed by atoms with van der Waals surface area (Å²) in [4.78, 5) is 15.5. The van der Waals surface area contributed by atoms with Gasteiger partial charge in [-0.3, -0.25) is 0 Å². The SMILES string of the molecule is CCn1cccc1-c1nc(C)c(C(=O)O)s1. The highest BCUT2D eigenvalue weighted by atomic mass is 32.1. The van der Waals surface area contributed by atoms with Crippen LogP contribution in [0, 0.1) is 6.92 Å². The number of hydrogen-bond donors (Lipinski definition) is 1. The van der Waals surface area contributed by atoms with E-state index in [2.05, 4.69) is 4.98 Å². The maximum Gasteiger partial charge on any atom is 0.347 e. The van der Waals surface area contributed by atoms with Gasteiger partial charge in [0.25, 0.3) is 0 Å². The van der Waals surface area contributed by atoms with E-state index in [9.17, 15) is 4.79 Å². The molecule has 0 aromatic carbocycles. The molecule has 16 heavy (non-hydrogen) atoms. The quantitative estimate of drug-likeness (QED) is 0.891. The fourth-order valence-electron chi connectivity index (χ4n) is 1.59. The number of carboxylic acids is 1. The van der Waals surface area contributed by atoms with Crippen molar-refractivity contribution in [1.29, 1.82) is 0 Å². The van der Waals surface area contributed by atoms with Gasteiger partial charge < -0.3 is 9.67 Å². The highest BCUT2D eigenvalue weighted by molar-refractivity contribution is 7.17. The van der Waals surface area contributed by atoms with E-state index in [-0.39, 0.29) is 0 Å². The van der Waals surface area contributed by atoms with E-state index < -0.39 is 5.97 Å². The monoisotopic (exact) mass is 236 g/mol. The standard InChI is InChI=1S/C11H12N2O2S/c1-3-13-6-4-5-8(13)10-12-7(2)9(16-10)11(14)15/h4-6H,3H2,1-2H3,(H,14,15). The molecule has 0 aliphatic rings. The third-order valence-corrected chi connectivity index (χ3v) is 3.55. The number of aromatic nitrogens is 2. The maximum atomic E-state index is 10.9. The Morgan fingerprint density at radius 1 is 1.62 bits per heavy atom. The molecule has 0 saturated carbocycles. The Morgan fingerprint density at radius 2 is 2.38 bits per heavy atom. The normalized spacial score (nSPS) is 10.6. The second-order valence-corrected chi connectivity index (χ2v) is 4.42. The lowest BCUT2D eigenvalue weighted by Gasteiger charge is -2.01. The lowest BCUT2D eigenvalue weighted by Crippen LogP contribution is -1.94. The van der Waals surface area contributed by atoms with Crippen molar-refractivity contribution in [3.8, 4) is 10.7 Å². The number of carbonyl (C=O) groups is 1. The van der Waals surface area contributed by atoms with Crippen molar-refractivity contribution in [2.45, 2.75) is 20.4 Å². The molecule has 2 aromatic rings. The summed E-state index contributed by atoms with van der Waals surface area (Å²) in [5.41, 5.74) is 1.56. The molecule has 0 atom stereocenters. The molecule has 0 radical (unpaired) electrons. The summed E-state index contributed by atoms with van der Waals surface area (Å²) in [6.45, 7) is 4.62. The molecule has 0 fully saturated rings. The van der Waals surface area contributed by atoms with Gasteiger partial charge in [-0.1, -0.05) is 0 Å². The van der Waals surface area contributed by atoms with Crippen molar-refractivity contribution in [3.05, 3.63) is 28.9 Å². The summed E-state index contributed by atoms with van der Waals surface area (Å²) in [7, 11) is 0. The topological polar surface area (TPSA) is 55.1 Å². The van der Waals surface area contributed by atoms with Crippen molar-refractivity contribution in [2.75, 3.05) is 0 Å². The zero-order chi connectivity index (χ0) is 11.7. The Bertz CT molecular complexity index is 528. The van der Waals surface area contributed by atoms with E-state index in [0.717, 1.165) is 17.2 Å². The summed E-state index contributed by atoms with van der Waals surface area (Å²) < 4.78 is 2.05. The van der Waals surface area contributed by atoms with Gasteiger partial charge in [-0.25, -0.2) is 9.78 Å². The number of hydrogen-bond acceptors (Lipinski definition) is 3. The lowest BCUT2D eigenvalue weighted by molar-refractivity contribution is 0.0701.